The normalized spacial score (nSPS) is 44.3. The van der Waals surface area contributed by atoms with Gasteiger partial charge in [0.2, 0.25) is 5.91 Å². The van der Waals surface area contributed by atoms with Crippen LogP contribution in [0.15, 0.2) is 18.2 Å². The molecule has 27 heavy (non-hydrogen) atoms. The second-order valence-corrected chi connectivity index (χ2v) is 9.17. The second kappa shape index (κ2) is 5.74. The van der Waals surface area contributed by atoms with Gasteiger partial charge in [0, 0.05) is 30.5 Å². The zero-order valence-corrected chi connectivity index (χ0v) is 15.3. The van der Waals surface area contributed by atoms with Crippen LogP contribution < -0.4 is 5.32 Å². The molecule has 1 amide bonds. The van der Waals surface area contributed by atoms with E-state index in [2.05, 4.69) is 15.1 Å². The van der Waals surface area contributed by atoms with Gasteiger partial charge in [0.1, 0.15) is 11.6 Å². The number of amides is 1. The average molecular weight is 373 g/mol. The van der Waals surface area contributed by atoms with Crippen molar-refractivity contribution in [3.8, 4) is 0 Å². The number of likely N-dealkylation sites (tertiary alicyclic amines) is 1. The Labute approximate surface area is 157 Å². The molecule has 1 aromatic carbocycles. The lowest BCUT2D eigenvalue weighted by Crippen LogP contribution is -2.61. The molecule has 5 saturated heterocycles. The van der Waals surface area contributed by atoms with Crippen molar-refractivity contribution < 1.29 is 13.6 Å². The third-order valence-electron chi connectivity index (χ3n) is 7.97. The number of fused-ring (bicyclic) bond motifs is 3. The topological polar surface area (TPSA) is 35.6 Å². The second-order valence-electron chi connectivity index (χ2n) is 9.17. The van der Waals surface area contributed by atoms with E-state index in [0.717, 1.165) is 45.1 Å². The summed E-state index contributed by atoms with van der Waals surface area (Å²) in [5.74, 6) is 0.966. The van der Waals surface area contributed by atoms with Crippen molar-refractivity contribution in [2.24, 2.45) is 23.7 Å². The summed E-state index contributed by atoms with van der Waals surface area (Å²) in [5.41, 5.74) is 0.711. The van der Waals surface area contributed by atoms with Crippen molar-refractivity contribution in [3.63, 3.8) is 0 Å². The molecule has 1 saturated carbocycles. The number of nitrogens with zero attached hydrogens (tertiary/aromatic N) is 2. The lowest BCUT2D eigenvalue weighted by Gasteiger charge is -2.51. The van der Waals surface area contributed by atoms with Crippen LogP contribution in [0.2, 0.25) is 0 Å². The number of nitrogens with one attached hydrogen (secondary N) is 1. The molecule has 144 valence electrons. The summed E-state index contributed by atoms with van der Waals surface area (Å²) in [4.78, 5) is 18.0. The Balaban J connectivity index is 1.35. The van der Waals surface area contributed by atoms with Crippen molar-refractivity contribution in [1.29, 1.82) is 0 Å². The molecule has 2 bridgehead atoms. The Morgan fingerprint density at radius 1 is 1.00 bits per heavy atom. The fourth-order valence-electron chi connectivity index (χ4n) is 6.73. The van der Waals surface area contributed by atoms with Crippen molar-refractivity contribution >= 4 is 5.91 Å². The first-order valence-electron chi connectivity index (χ1n) is 10.3. The molecular formula is C21H25F2N3O. The Kier molecular flexibility index (Phi) is 3.49. The van der Waals surface area contributed by atoms with Gasteiger partial charge in [-0.05, 0) is 74.5 Å². The highest BCUT2D eigenvalue weighted by molar-refractivity contribution is 5.83. The van der Waals surface area contributed by atoms with Crippen LogP contribution in [0.5, 0.6) is 0 Å². The van der Waals surface area contributed by atoms with E-state index in [9.17, 15) is 13.6 Å². The van der Waals surface area contributed by atoms with E-state index in [4.69, 9.17) is 0 Å². The Morgan fingerprint density at radius 3 is 2.33 bits per heavy atom. The fraction of sp³-hybridized carbons (Fsp3) is 0.667. The summed E-state index contributed by atoms with van der Waals surface area (Å²) in [6, 6.07) is 4.30. The molecule has 0 spiro atoms. The summed E-state index contributed by atoms with van der Waals surface area (Å²) in [6.07, 6.45) is 2.27. The van der Waals surface area contributed by atoms with Gasteiger partial charge in [-0.15, -0.1) is 0 Å². The minimum atomic E-state index is -0.523. The van der Waals surface area contributed by atoms with Gasteiger partial charge in [0.05, 0.1) is 6.04 Å². The molecule has 0 radical (unpaired) electrons. The summed E-state index contributed by atoms with van der Waals surface area (Å²) in [5, 5.41) is 3.37. The van der Waals surface area contributed by atoms with Gasteiger partial charge in [-0.25, -0.2) is 8.78 Å². The Hall–Kier alpha value is -1.53. The van der Waals surface area contributed by atoms with E-state index < -0.39 is 11.6 Å². The third kappa shape index (κ3) is 2.35. The van der Waals surface area contributed by atoms with Crippen LogP contribution in [0.3, 0.4) is 0 Å². The van der Waals surface area contributed by atoms with E-state index in [1.165, 1.54) is 12.1 Å². The molecule has 1 aromatic rings. The molecule has 7 rings (SSSR count). The van der Waals surface area contributed by atoms with Gasteiger partial charge in [-0.1, -0.05) is 0 Å². The molecular weight excluding hydrogens is 348 g/mol. The minimum absolute atomic E-state index is 0.00367. The van der Waals surface area contributed by atoms with Gasteiger partial charge in [-0.3, -0.25) is 9.69 Å². The lowest BCUT2D eigenvalue weighted by atomic mass is 9.75. The van der Waals surface area contributed by atoms with Crippen molar-refractivity contribution in [1.82, 2.24) is 15.1 Å². The zero-order valence-electron chi connectivity index (χ0n) is 15.3. The monoisotopic (exact) mass is 373 g/mol. The Morgan fingerprint density at radius 2 is 1.67 bits per heavy atom. The largest absolute Gasteiger partial charge is 0.337 e. The first-order valence-corrected chi connectivity index (χ1v) is 10.3. The van der Waals surface area contributed by atoms with Crippen LogP contribution in [-0.2, 0) is 4.79 Å². The van der Waals surface area contributed by atoms with Gasteiger partial charge in [0.15, 0.2) is 0 Å². The molecule has 6 heteroatoms. The summed E-state index contributed by atoms with van der Waals surface area (Å²) in [7, 11) is 0. The predicted octanol–water partition coefficient (Wildman–Crippen LogP) is 1.82. The first kappa shape index (κ1) is 16.4. The molecule has 4 nitrogen and oxygen atoms in total. The lowest BCUT2D eigenvalue weighted by molar-refractivity contribution is -0.138. The number of carbonyl (C=O) groups is 1. The minimum Gasteiger partial charge on any atom is -0.337 e. The first-order chi connectivity index (χ1) is 13.1. The van der Waals surface area contributed by atoms with Gasteiger partial charge in [-0.2, -0.15) is 0 Å². The molecule has 1 unspecified atom stereocenters. The van der Waals surface area contributed by atoms with E-state index in [1.807, 2.05) is 0 Å². The van der Waals surface area contributed by atoms with Gasteiger partial charge in [0.25, 0.3) is 0 Å². The number of hydrogen-bond donors (Lipinski definition) is 1. The van der Waals surface area contributed by atoms with Gasteiger partial charge >= 0.3 is 0 Å². The molecule has 0 aromatic heterocycles. The highest BCUT2D eigenvalue weighted by Crippen LogP contribution is 2.53. The quantitative estimate of drug-likeness (QED) is 0.859. The third-order valence-corrected chi connectivity index (χ3v) is 7.97. The van der Waals surface area contributed by atoms with E-state index in [0.29, 0.717) is 35.8 Å². The zero-order chi connectivity index (χ0) is 18.3. The van der Waals surface area contributed by atoms with Crippen LogP contribution in [0.25, 0.3) is 0 Å². The summed E-state index contributed by atoms with van der Waals surface area (Å²) < 4.78 is 27.8. The molecule has 6 atom stereocenters. The highest BCUT2D eigenvalue weighted by atomic mass is 19.1. The Bertz CT molecular complexity index is 763. The standard InChI is InChI=1S/C21H25F2N3O/c22-13-5-12(6-14(23)7-13)17-10-26(21(27)18-15-8-24-9-16(15)18)19-11-1-3-25(4-2-11)20(17)19/h5-7,11,15-20,24H,1-4,8-10H2/t15-,16+,17-,18?,19-,20-/m1/s1. The highest BCUT2D eigenvalue weighted by Gasteiger charge is 2.62. The molecule has 1 N–H and O–H groups in total. The number of piperidine rings is 4. The molecule has 1 aliphatic carbocycles. The van der Waals surface area contributed by atoms with Crippen LogP contribution in [0.4, 0.5) is 8.78 Å². The van der Waals surface area contributed by atoms with E-state index in [-0.39, 0.29) is 23.9 Å². The maximum absolute atomic E-state index is 13.9. The molecule has 6 aliphatic rings. The van der Waals surface area contributed by atoms with Crippen LogP contribution in [0, 0.1) is 35.3 Å². The number of halogens is 2. The van der Waals surface area contributed by atoms with Crippen molar-refractivity contribution in [3.05, 3.63) is 35.4 Å². The number of rotatable bonds is 2. The summed E-state index contributed by atoms with van der Waals surface area (Å²) in [6.45, 7) is 4.60. The average Bonchev–Trinajstić information content (AvgIpc) is 3.02. The van der Waals surface area contributed by atoms with E-state index >= 15 is 0 Å². The summed E-state index contributed by atoms with van der Waals surface area (Å²) >= 11 is 0. The number of carbonyl (C=O) groups excluding carboxylic acids is 1. The molecule has 6 fully saturated rings. The number of hydrogen-bond acceptors (Lipinski definition) is 3. The van der Waals surface area contributed by atoms with Gasteiger partial charge < -0.3 is 10.2 Å². The smallest absolute Gasteiger partial charge is 0.226 e. The van der Waals surface area contributed by atoms with Crippen LogP contribution in [0.1, 0.15) is 24.3 Å². The van der Waals surface area contributed by atoms with Crippen molar-refractivity contribution in [2.45, 2.75) is 30.8 Å². The molecule has 5 heterocycles. The number of benzene rings is 1. The van der Waals surface area contributed by atoms with Crippen LogP contribution >= 0.6 is 0 Å². The van der Waals surface area contributed by atoms with Crippen LogP contribution in [-0.4, -0.2) is 60.5 Å². The molecule has 5 aliphatic heterocycles. The fourth-order valence-corrected chi connectivity index (χ4v) is 6.73. The SMILES string of the molecule is O=C(C1[C@H]2CNC[C@@H]12)N1C[C@H](c2cc(F)cc(F)c2)[C@@H]2[C@H]1C1CCN2CC1. The van der Waals surface area contributed by atoms with Crippen molar-refractivity contribution in [2.75, 3.05) is 32.7 Å². The van der Waals surface area contributed by atoms with E-state index in [1.54, 1.807) is 0 Å². The maximum Gasteiger partial charge on any atom is 0.226 e. The maximum atomic E-state index is 13.9. The predicted molar refractivity (Wildman–Crippen MR) is 96.0 cm³/mol.